The Bertz CT molecular complexity index is 314. The Hall–Kier alpha value is 0.210. The molecular weight excluding hydrogens is 315 g/mol. The molecule has 0 amide bonds. The van der Waals surface area contributed by atoms with Crippen LogP contribution < -0.4 is 0 Å². The molecular formula is C10H9Br2Cl. The third-order valence-electron chi connectivity index (χ3n) is 1.65. The topological polar surface area (TPSA) is 0 Å². The van der Waals surface area contributed by atoms with E-state index in [9.17, 15) is 0 Å². The zero-order chi connectivity index (χ0) is 9.84. The van der Waals surface area contributed by atoms with Gasteiger partial charge in [-0.05, 0) is 40.0 Å². The van der Waals surface area contributed by atoms with E-state index in [1.165, 1.54) is 0 Å². The lowest BCUT2D eigenvalue weighted by atomic mass is 10.2. The molecule has 0 N–H and O–H groups in total. The molecule has 0 saturated carbocycles. The first-order chi connectivity index (χ1) is 6.15. The van der Waals surface area contributed by atoms with Gasteiger partial charge in [0, 0.05) is 14.0 Å². The minimum Gasteiger partial charge on any atom is -0.0843 e. The molecule has 13 heavy (non-hydrogen) atoms. The molecule has 1 aromatic rings. The van der Waals surface area contributed by atoms with Gasteiger partial charge in [-0.3, -0.25) is 0 Å². The molecule has 0 unspecified atom stereocenters. The lowest BCUT2D eigenvalue weighted by Gasteiger charge is -2.02. The van der Waals surface area contributed by atoms with E-state index in [4.69, 9.17) is 11.6 Å². The lowest BCUT2D eigenvalue weighted by Crippen LogP contribution is -1.78. The molecule has 0 fully saturated rings. The van der Waals surface area contributed by atoms with E-state index in [-0.39, 0.29) is 0 Å². The van der Waals surface area contributed by atoms with Crippen molar-refractivity contribution in [3.8, 4) is 0 Å². The average Bonchev–Trinajstić information content (AvgIpc) is 2.17. The molecule has 0 aromatic heterocycles. The summed E-state index contributed by atoms with van der Waals surface area (Å²) in [7, 11) is 0. The van der Waals surface area contributed by atoms with E-state index in [1.807, 2.05) is 24.3 Å². The molecule has 0 spiro atoms. The van der Waals surface area contributed by atoms with Gasteiger partial charge in [0.1, 0.15) is 0 Å². The maximum absolute atomic E-state index is 5.79. The number of halogens is 3. The monoisotopic (exact) mass is 322 g/mol. The number of rotatable bonds is 2. The molecule has 3 heteroatoms. The molecule has 0 aliphatic rings. The zero-order valence-corrected chi connectivity index (χ0v) is 11.1. The Kier molecular flexibility index (Phi) is 4.50. The van der Waals surface area contributed by atoms with Crippen molar-refractivity contribution in [1.82, 2.24) is 0 Å². The first-order valence-electron chi connectivity index (χ1n) is 3.95. The van der Waals surface area contributed by atoms with Crippen LogP contribution in [0.1, 0.15) is 18.9 Å². The van der Waals surface area contributed by atoms with Crippen LogP contribution in [0.3, 0.4) is 0 Å². The Balaban J connectivity index is 3.02. The summed E-state index contributed by atoms with van der Waals surface area (Å²) in [4.78, 5) is 0. The SMILES string of the molecule is CC/C(Br)=C(\Br)c1ccc(Cl)cc1. The van der Waals surface area contributed by atoms with Crippen LogP contribution in [0.4, 0.5) is 0 Å². The van der Waals surface area contributed by atoms with Crippen molar-refractivity contribution in [3.63, 3.8) is 0 Å². The van der Waals surface area contributed by atoms with E-state index in [0.29, 0.717) is 0 Å². The van der Waals surface area contributed by atoms with Crippen LogP contribution in [0.2, 0.25) is 5.02 Å². The maximum Gasteiger partial charge on any atom is 0.0406 e. The van der Waals surface area contributed by atoms with Gasteiger partial charge in [-0.25, -0.2) is 0 Å². The summed E-state index contributed by atoms with van der Waals surface area (Å²) in [5, 5.41) is 0.761. The molecule has 0 aliphatic carbocycles. The van der Waals surface area contributed by atoms with Crippen LogP contribution in [0.15, 0.2) is 28.7 Å². The minimum absolute atomic E-state index is 0.761. The minimum atomic E-state index is 0.761. The normalized spacial score (nSPS) is 12.6. The highest BCUT2D eigenvalue weighted by molar-refractivity contribution is 9.16. The quantitative estimate of drug-likeness (QED) is 0.700. The summed E-state index contributed by atoms with van der Waals surface area (Å²) < 4.78 is 2.25. The zero-order valence-electron chi connectivity index (χ0n) is 7.15. The number of benzene rings is 1. The Morgan fingerprint density at radius 1 is 1.23 bits per heavy atom. The molecule has 0 saturated heterocycles. The maximum atomic E-state index is 5.79. The largest absolute Gasteiger partial charge is 0.0843 e. The molecule has 70 valence electrons. The van der Waals surface area contributed by atoms with Crippen LogP contribution in [-0.2, 0) is 0 Å². The molecule has 0 radical (unpaired) electrons. The van der Waals surface area contributed by atoms with E-state index < -0.39 is 0 Å². The van der Waals surface area contributed by atoms with E-state index in [0.717, 1.165) is 26.0 Å². The Morgan fingerprint density at radius 2 is 1.77 bits per heavy atom. The van der Waals surface area contributed by atoms with Gasteiger partial charge in [-0.15, -0.1) is 0 Å². The summed E-state index contributed by atoms with van der Waals surface area (Å²) in [5.41, 5.74) is 1.14. The van der Waals surface area contributed by atoms with Crippen LogP contribution in [-0.4, -0.2) is 0 Å². The summed E-state index contributed by atoms with van der Waals surface area (Å²) in [6, 6.07) is 7.74. The van der Waals surface area contributed by atoms with Crippen molar-refractivity contribution in [2.45, 2.75) is 13.3 Å². The van der Waals surface area contributed by atoms with Gasteiger partial charge in [0.25, 0.3) is 0 Å². The highest BCUT2D eigenvalue weighted by atomic mass is 79.9. The fraction of sp³-hybridized carbons (Fsp3) is 0.200. The van der Waals surface area contributed by atoms with Gasteiger partial charge in [0.15, 0.2) is 0 Å². The Morgan fingerprint density at radius 3 is 2.23 bits per heavy atom. The third-order valence-corrected chi connectivity index (χ3v) is 4.32. The summed E-state index contributed by atoms with van der Waals surface area (Å²) in [6.07, 6.45) is 0.975. The first kappa shape index (κ1) is 11.3. The lowest BCUT2D eigenvalue weighted by molar-refractivity contribution is 1.21. The van der Waals surface area contributed by atoms with Crippen molar-refractivity contribution >= 4 is 47.9 Å². The summed E-state index contributed by atoms with van der Waals surface area (Å²) >= 11 is 12.8. The predicted molar refractivity (Wildman–Crippen MR) is 66.5 cm³/mol. The fourth-order valence-electron chi connectivity index (χ4n) is 0.908. The second-order valence-corrected chi connectivity index (χ2v) is 4.77. The van der Waals surface area contributed by atoms with Crippen molar-refractivity contribution < 1.29 is 0 Å². The second kappa shape index (κ2) is 5.18. The van der Waals surface area contributed by atoms with Crippen LogP contribution >= 0.6 is 43.5 Å². The second-order valence-electron chi connectivity index (χ2n) is 2.58. The Labute approximate surface area is 100 Å². The summed E-state index contributed by atoms with van der Waals surface area (Å²) in [6.45, 7) is 2.10. The van der Waals surface area contributed by atoms with Crippen molar-refractivity contribution in [2.24, 2.45) is 0 Å². The van der Waals surface area contributed by atoms with Gasteiger partial charge >= 0.3 is 0 Å². The average molecular weight is 324 g/mol. The highest BCUT2D eigenvalue weighted by Crippen LogP contribution is 2.30. The molecule has 0 atom stereocenters. The van der Waals surface area contributed by atoms with E-state index in [1.54, 1.807) is 0 Å². The molecule has 0 nitrogen and oxygen atoms in total. The highest BCUT2D eigenvalue weighted by Gasteiger charge is 2.01. The predicted octanol–water partition coefficient (Wildman–Crippen LogP) is 5.21. The third kappa shape index (κ3) is 3.12. The molecule has 0 aliphatic heterocycles. The molecule has 0 heterocycles. The number of allylic oxidation sites excluding steroid dienone is 1. The van der Waals surface area contributed by atoms with Gasteiger partial charge in [0.05, 0.1) is 0 Å². The molecule has 1 aromatic carbocycles. The van der Waals surface area contributed by atoms with Crippen LogP contribution in [0.5, 0.6) is 0 Å². The van der Waals surface area contributed by atoms with E-state index in [2.05, 4.69) is 38.8 Å². The van der Waals surface area contributed by atoms with Crippen molar-refractivity contribution in [3.05, 3.63) is 39.3 Å². The molecule has 1 rings (SSSR count). The van der Waals surface area contributed by atoms with Gasteiger partial charge < -0.3 is 0 Å². The van der Waals surface area contributed by atoms with Crippen LogP contribution in [0.25, 0.3) is 4.48 Å². The fourth-order valence-corrected chi connectivity index (χ4v) is 1.81. The van der Waals surface area contributed by atoms with Gasteiger partial charge in [-0.2, -0.15) is 0 Å². The molecule has 0 bridgehead atoms. The van der Waals surface area contributed by atoms with Gasteiger partial charge in [-0.1, -0.05) is 46.6 Å². The van der Waals surface area contributed by atoms with Gasteiger partial charge in [0.2, 0.25) is 0 Å². The first-order valence-corrected chi connectivity index (χ1v) is 5.91. The number of hydrogen-bond acceptors (Lipinski definition) is 0. The standard InChI is InChI=1S/C10H9Br2Cl/c1-2-9(11)10(12)7-3-5-8(13)6-4-7/h3-6H,2H2,1H3/b10-9+. The van der Waals surface area contributed by atoms with E-state index >= 15 is 0 Å². The van der Waals surface area contributed by atoms with Crippen molar-refractivity contribution in [1.29, 1.82) is 0 Å². The van der Waals surface area contributed by atoms with Crippen molar-refractivity contribution in [2.75, 3.05) is 0 Å². The number of hydrogen-bond donors (Lipinski definition) is 0. The summed E-state index contributed by atoms with van der Waals surface area (Å²) in [5.74, 6) is 0. The van der Waals surface area contributed by atoms with Crippen LogP contribution in [0, 0.1) is 0 Å². The smallest absolute Gasteiger partial charge is 0.0406 e.